The van der Waals surface area contributed by atoms with Gasteiger partial charge in [0.15, 0.2) is 11.5 Å². The Kier molecular flexibility index (Phi) is 6.21. The summed E-state index contributed by atoms with van der Waals surface area (Å²) in [6.07, 6.45) is 1.49. The van der Waals surface area contributed by atoms with Crippen LogP contribution in [0.5, 0.6) is 11.5 Å². The molecule has 0 saturated carbocycles. The van der Waals surface area contributed by atoms with E-state index in [2.05, 4.69) is 10.5 Å². The van der Waals surface area contributed by atoms with E-state index in [1.54, 1.807) is 19.2 Å². The van der Waals surface area contributed by atoms with E-state index in [1.165, 1.54) is 18.7 Å². The van der Waals surface area contributed by atoms with Gasteiger partial charge < -0.3 is 9.47 Å². The summed E-state index contributed by atoms with van der Waals surface area (Å²) in [5.74, 6) is 0.720. The number of ether oxygens (including phenoxy) is 2. The fraction of sp³-hybridized carbons (Fsp3) is 0.222. The SMILES string of the molecule is COc1cc(/C=N\NC(C)=O)cc(Cl)c1OCc1ccc(C)cc1. The van der Waals surface area contributed by atoms with Crippen molar-refractivity contribution >= 4 is 23.7 Å². The van der Waals surface area contributed by atoms with Crippen LogP contribution in [0.25, 0.3) is 0 Å². The average molecular weight is 347 g/mol. The summed E-state index contributed by atoms with van der Waals surface area (Å²) in [6.45, 7) is 3.80. The molecule has 0 heterocycles. The van der Waals surface area contributed by atoms with Gasteiger partial charge >= 0.3 is 0 Å². The lowest BCUT2D eigenvalue weighted by Gasteiger charge is -2.13. The van der Waals surface area contributed by atoms with Crippen LogP contribution in [0.4, 0.5) is 0 Å². The van der Waals surface area contributed by atoms with Gasteiger partial charge in [-0.15, -0.1) is 0 Å². The number of hydrogen-bond acceptors (Lipinski definition) is 4. The Balaban J connectivity index is 2.15. The number of rotatable bonds is 6. The predicted octanol–water partition coefficient (Wildman–Crippen LogP) is 3.71. The first kappa shape index (κ1) is 17.8. The van der Waals surface area contributed by atoms with Crippen LogP contribution in [0.2, 0.25) is 5.02 Å². The highest BCUT2D eigenvalue weighted by molar-refractivity contribution is 6.32. The molecule has 0 spiro atoms. The third kappa shape index (κ3) is 4.99. The minimum absolute atomic E-state index is 0.248. The Hall–Kier alpha value is -2.53. The molecule has 2 aromatic carbocycles. The van der Waals surface area contributed by atoms with Crippen LogP contribution in [-0.2, 0) is 11.4 Å². The van der Waals surface area contributed by atoms with E-state index in [0.29, 0.717) is 28.7 Å². The summed E-state index contributed by atoms with van der Waals surface area (Å²) in [5, 5.41) is 4.22. The monoisotopic (exact) mass is 346 g/mol. The van der Waals surface area contributed by atoms with Gasteiger partial charge in [0.2, 0.25) is 5.91 Å². The molecule has 0 unspecified atom stereocenters. The minimum atomic E-state index is -0.248. The topological polar surface area (TPSA) is 59.9 Å². The molecule has 0 aliphatic heterocycles. The summed E-state index contributed by atoms with van der Waals surface area (Å²) < 4.78 is 11.2. The lowest BCUT2D eigenvalue weighted by Crippen LogP contribution is -2.12. The Bertz CT molecular complexity index is 743. The van der Waals surface area contributed by atoms with Crippen molar-refractivity contribution in [1.82, 2.24) is 5.43 Å². The molecule has 6 heteroatoms. The molecule has 0 atom stereocenters. The van der Waals surface area contributed by atoms with Crippen molar-refractivity contribution in [3.8, 4) is 11.5 Å². The zero-order valence-electron chi connectivity index (χ0n) is 13.8. The molecule has 5 nitrogen and oxygen atoms in total. The molecule has 0 radical (unpaired) electrons. The standard InChI is InChI=1S/C18H19ClN2O3/c1-12-4-6-14(7-5-12)11-24-18-16(19)8-15(9-17(18)23-3)10-20-21-13(2)22/h4-10H,11H2,1-3H3,(H,21,22)/b20-10-. The number of carbonyl (C=O) groups excluding carboxylic acids is 1. The van der Waals surface area contributed by atoms with Gasteiger partial charge in [-0.05, 0) is 30.2 Å². The van der Waals surface area contributed by atoms with Crippen molar-refractivity contribution < 1.29 is 14.3 Å². The number of halogens is 1. The molecule has 1 amide bonds. The molecule has 2 aromatic rings. The average Bonchev–Trinajstić information content (AvgIpc) is 2.54. The lowest BCUT2D eigenvalue weighted by molar-refractivity contribution is -0.118. The van der Waals surface area contributed by atoms with Crippen molar-refractivity contribution in [3.63, 3.8) is 0 Å². The molecule has 0 aromatic heterocycles. The summed E-state index contributed by atoms with van der Waals surface area (Å²) in [7, 11) is 1.54. The molecule has 0 aliphatic carbocycles. The van der Waals surface area contributed by atoms with E-state index in [9.17, 15) is 4.79 Å². The van der Waals surface area contributed by atoms with Crippen LogP contribution >= 0.6 is 11.6 Å². The van der Waals surface area contributed by atoms with Gasteiger partial charge in [-0.2, -0.15) is 5.10 Å². The first-order chi connectivity index (χ1) is 11.5. The van der Waals surface area contributed by atoms with E-state index in [-0.39, 0.29) is 5.91 Å². The van der Waals surface area contributed by atoms with Gasteiger partial charge in [-0.1, -0.05) is 41.4 Å². The highest BCUT2D eigenvalue weighted by Crippen LogP contribution is 2.36. The number of hydrogen-bond donors (Lipinski definition) is 1. The summed E-state index contributed by atoms with van der Waals surface area (Å²) in [5.41, 5.74) is 5.25. The van der Waals surface area contributed by atoms with Gasteiger partial charge in [0.1, 0.15) is 6.61 Å². The number of amides is 1. The third-order valence-electron chi connectivity index (χ3n) is 3.19. The van der Waals surface area contributed by atoms with Crippen molar-refractivity contribution in [3.05, 3.63) is 58.1 Å². The second kappa shape index (κ2) is 8.36. The van der Waals surface area contributed by atoms with Crippen LogP contribution in [0.1, 0.15) is 23.6 Å². The number of methoxy groups -OCH3 is 1. The van der Waals surface area contributed by atoms with E-state index >= 15 is 0 Å². The van der Waals surface area contributed by atoms with Crippen molar-refractivity contribution in [2.75, 3.05) is 7.11 Å². The Morgan fingerprint density at radius 2 is 2.00 bits per heavy atom. The Morgan fingerprint density at radius 1 is 1.29 bits per heavy atom. The summed E-state index contributed by atoms with van der Waals surface area (Å²) in [4.78, 5) is 10.8. The highest BCUT2D eigenvalue weighted by atomic mass is 35.5. The van der Waals surface area contributed by atoms with Crippen LogP contribution in [0, 0.1) is 6.92 Å². The van der Waals surface area contributed by atoms with Gasteiger partial charge in [-0.3, -0.25) is 4.79 Å². The number of nitrogens with zero attached hydrogens (tertiary/aromatic N) is 1. The Morgan fingerprint density at radius 3 is 2.62 bits per heavy atom. The highest BCUT2D eigenvalue weighted by Gasteiger charge is 2.12. The molecular weight excluding hydrogens is 328 g/mol. The molecule has 0 saturated heterocycles. The van der Waals surface area contributed by atoms with Crippen molar-refractivity contribution in [1.29, 1.82) is 0 Å². The number of aryl methyl sites for hydroxylation is 1. The van der Waals surface area contributed by atoms with Crippen molar-refractivity contribution in [2.45, 2.75) is 20.5 Å². The van der Waals surface area contributed by atoms with E-state index in [1.807, 2.05) is 31.2 Å². The molecule has 0 fully saturated rings. The summed E-state index contributed by atoms with van der Waals surface area (Å²) in [6, 6.07) is 11.5. The lowest BCUT2D eigenvalue weighted by atomic mass is 10.1. The second-order valence-electron chi connectivity index (χ2n) is 5.23. The van der Waals surface area contributed by atoms with Crippen LogP contribution in [0.15, 0.2) is 41.5 Å². The van der Waals surface area contributed by atoms with E-state index in [4.69, 9.17) is 21.1 Å². The molecule has 0 bridgehead atoms. The maximum atomic E-state index is 10.8. The molecule has 0 aliphatic rings. The molecule has 126 valence electrons. The minimum Gasteiger partial charge on any atom is -0.493 e. The van der Waals surface area contributed by atoms with E-state index in [0.717, 1.165) is 5.56 Å². The van der Waals surface area contributed by atoms with Gasteiger partial charge in [0.05, 0.1) is 18.3 Å². The third-order valence-corrected chi connectivity index (χ3v) is 3.47. The van der Waals surface area contributed by atoms with Gasteiger partial charge in [0, 0.05) is 6.92 Å². The maximum absolute atomic E-state index is 10.8. The van der Waals surface area contributed by atoms with Crippen LogP contribution in [-0.4, -0.2) is 19.2 Å². The first-order valence-electron chi connectivity index (χ1n) is 7.35. The predicted molar refractivity (Wildman–Crippen MR) is 94.9 cm³/mol. The number of benzene rings is 2. The first-order valence-corrected chi connectivity index (χ1v) is 7.73. The number of hydrazone groups is 1. The largest absolute Gasteiger partial charge is 0.493 e. The quantitative estimate of drug-likeness (QED) is 0.640. The van der Waals surface area contributed by atoms with Crippen molar-refractivity contribution in [2.24, 2.45) is 5.10 Å². The van der Waals surface area contributed by atoms with Gasteiger partial charge in [0.25, 0.3) is 0 Å². The maximum Gasteiger partial charge on any atom is 0.236 e. The normalized spacial score (nSPS) is 10.7. The zero-order valence-corrected chi connectivity index (χ0v) is 14.6. The van der Waals surface area contributed by atoms with Crippen LogP contribution in [0.3, 0.4) is 0 Å². The molecular formula is C18H19ClN2O3. The Labute approximate surface area is 146 Å². The summed E-state index contributed by atoms with van der Waals surface area (Å²) >= 11 is 6.29. The molecule has 2 rings (SSSR count). The molecule has 24 heavy (non-hydrogen) atoms. The second-order valence-corrected chi connectivity index (χ2v) is 5.64. The zero-order chi connectivity index (χ0) is 17.5. The number of carbonyl (C=O) groups is 1. The van der Waals surface area contributed by atoms with Crippen LogP contribution < -0.4 is 14.9 Å². The number of nitrogens with one attached hydrogen (secondary N) is 1. The van der Waals surface area contributed by atoms with Gasteiger partial charge in [-0.25, -0.2) is 5.43 Å². The fourth-order valence-electron chi connectivity index (χ4n) is 1.99. The smallest absolute Gasteiger partial charge is 0.236 e. The fourth-order valence-corrected chi connectivity index (χ4v) is 2.27. The molecule has 1 N–H and O–H groups in total. The van der Waals surface area contributed by atoms with E-state index < -0.39 is 0 Å².